The SMILES string of the molecule is CCC[CH2][Sn]([CH2]CCC)([CH2]CCC)[PH]C(=O)C(C)(C)C. The van der Waals surface area contributed by atoms with E-state index in [1.807, 2.05) is 0 Å². The molecule has 0 radical (unpaired) electrons. The van der Waals surface area contributed by atoms with Gasteiger partial charge in [0.25, 0.3) is 0 Å². The second-order valence-corrected chi connectivity index (χ2v) is 28.8. The third-order valence-electron chi connectivity index (χ3n) is 4.09. The van der Waals surface area contributed by atoms with E-state index >= 15 is 0 Å². The second-order valence-electron chi connectivity index (χ2n) is 7.30. The second kappa shape index (κ2) is 10.6. The molecule has 0 saturated heterocycles. The van der Waals surface area contributed by atoms with Crippen molar-refractivity contribution < 1.29 is 4.79 Å². The van der Waals surface area contributed by atoms with Gasteiger partial charge < -0.3 is 0 Å². The molecule has 1 atom stereocenters. The van der Waals surface area contributed by atoms with Crippen LogP contribution < -0.4 is 0 Å². The zero-order chi connectivity index (χ0) is 15.6. The zero-order valence-corrected chi connectivity index (χ0v) is 18.6. The van der Waals surface area contributed by atoms with Crippen molar-refractivity contribution >= 4 is 29.6 Å². The Labute approximate surface area is 133 Å². The first-order valence-electron chi connectivity index (χ1n) is 8.64. The summed E-state index contributed by atoms with van der Waals surface area (Å²) in [5.41, 5.74) is 0.460. The molecule has 0 fully saturated rings. The Bertz CT molecular complexity index is 249. The molecular weight excluding hydrogens is 370 g/mol. The minimum atomic E-state index is -2.21. The summed E-state index contributed by atoms with van der Waals surface area (Å²) < 4.78 is 4.39. The first kappa shape index (κ1) is 20.9. The Kier molecular flexibility index (Phi) is 11.1. The van der Waals surface area contributed by atoms with Crippen LogP contribution in [0.1, 0.15) is 80.1 Å². The van der Waals surface area contributed by atoms with Gasteiger partial charge in [-0.2, -0.15) is 0 Å². The fourth-order valence-corrected chi connectivity index (χ4v) is 28.8. The molecule has 1 unspecified atom stereocenters. The van der Waals surface area contributed by atoms with Gasteiger partial charge in [-0.25, -0.2) is 0 Å². The molecule has 0 aromatic rings. The quantitative estimate of drug-likeness (QED) is 0.279. The van der Waals surface area contributed by atoms with Gasteiger partial charge in [0, 0.05) is 0 Å². The summed E-state index contributed by atoms with van der Waals surface area (Å²) in [6, 6.07) is 0. The monoisotopic (exact) mass is 408 g/mol. The van der Waals surface area contributed by atoms with Crippen molar-refractivity contribution in [3.63, 3.8) is 0 Å². The average Bonchev–Trinajstić information content (AvgIpc) is 2.39. The van der Waals surface area contributed by atoms with E-state index in [1.165, 1.54) is 51.8 Å². The summed E-state index contributed by atoms with van der Waals surface area (Å²) in [5, 5.41) is 0. The summed E-state index contributed by atoms with van der Waals surface area (Å²) in [6.45, 7) is 13.2. The van der Waals surface area contributed by atoms with Crippen LogP contribution in [0.5, 0.6) is 0 Å². The van der Waals surface area contributed by atoms with Crippen LogP contribution in [-0.2, 0) is 4.79 Å². The first-order chi connectivity index (χ1) is 9.31. The molecule has 120 valence electrons. The normalized spacial score (nSPS) is 13.3. The molecule has 0 amide bonds. The number of unbranched alkanes of at least 4 members (excludes halogenated alkanes) is 3. The van der Waals surface area contributed by atoms with E-state index in [0.717, 1.165) is 6.23 Å². The molecule has 0 bridgehead atoms. The van der Waals surface area contributed by atoms with E-state index in [9.17, 15) is 4.79 Å². The number of carbonyl (C=O) groups is 1. The molecule has 0 spiro atoms. The Morgan fingerprint density at radius 1 is 0.850 bits per heavy atom. The molecule has 0 aromatic heterocycles. The topological polar surface area (TPSA) is 17.1 Å². The summed E-state index contributed by atoms with van der Waals surface area (Å²) in [6.07, 6.45) is 8.72. The Balaban J connectivity index is 4.97. The predicted molar refractivity (Wildman–Crippen MR) is 97.7 cm³/mol. The fraction of sp³-hybridized carbons (Fsp3) is 0.941. The molecule has 20 heavy (non-hydrogen) atoms. The van der Waals surface area contributed by atoms with Gasteiger partial charge in [-0.05, 0) is 0 Å². The summed E-state index contributed by atoms with van der Waals surface area (Å²) in [7, 11) is 0. The molecule has 0 aromatic carbocycles. The third-order valence-corrected chi connectivity index (χ3v) is 28.3. The predicted octanol–water partition coefficient (Wildman–Crippen LogP) is 6.58. The van der Waals surface area contributed by atoms with Gasteiger partial charge in [-0.1, -0.05) is 0 Å². The van der Waals surface area contributed by atoms with E-state index in [0.29, 0.717) is 5.52 Å². The zero-order valence-electron chi connectivity index (χ0n) is 14.8. The Morgan fingerprint density at radius 2 is 1.20 bits per heavy atom. The molecule has 3 heteroatoms. The van der Waals surface area contributed by atoms with Crippen molar-refractivity contribution in [1.82, 2.24) is 0 Å². The summed E-state index contributed by atoms with van der Waals surface area (Å²) >= 11 is -2.21. The Morgan fingerprint density at radius 3 is 1.45 bits per heavy atom. The summed E-state index contributed by atoms with van der Waals surface area (Å²) in [4.78, 5) is 12.6. The van der Waals surface area contributed by atoms with Crippen molar-refractivity contribution in [2.75, 3.05) is 0 Å². The van der Waals surface area contributed by atoms with Crippen molar-refractivity contribution in [2.24, 2.45) is 5.41 Å². The van der Waals surface area contributed by atoms with Crippen molar-refractivity contribution in [3.8, 4) is 0 Å². The first-order valence-corrected chi connectivity index (χ1v) is 20.0. The molecule has 1 nitrogen and oxygen atoms in total. The third kappa shape index (κ3) is 8.37. The molecule has 0 N–H and O–H groups in total. The van der Waals surface area contributed by atoms with Crippen molar-refractivity contribution in [2.45, 2.75) is 93.4 Å². The van der Waals surface area contributed by atoms with Crippen LogP contribution in [0.15, 0.2) is 0 Å². The van der Waals surface area contributed by atoms with Gasteiger partial charge in [-0.15, -0.1) is 0 Å². The number of hydrogen-bond acceptors (Lipinski definition) is 1. The van der Waals surface area contributed by atoms with Crippen LogP contribution in [0.25, 0.3) is 0 Å². The van der Waals surface area contributed by atoms with Crippen LogP contribution >= 0.6 is 6.23 Å². The van der Waals surface area contributed by atoms with Crippen molar-refractivity contribution in [1.29, 1.82) is 0 Å². The maximum absolute atomic E-state index is 12.6. The molecule has 0 rings (SSSR count). The van der Waals surface area contributed by atoms with Gasteiger partial charge in [0.15, 0.2) is 0 Å². The van der Waals surface area contributed by atoms with Crippen LogP contribution in [-0.4, -0.2) is 23.4 Å². The van der Waals surface area contributed by atoms with E-state index in [-0.39, 0.29) is 5.41 Å². The summed E-state index contributed by atoms with van der Waals surface area (Å²) in [5.74, 6) is 0. The maximum atomic E-state index is 12.6. The minimum absolute atomic E-state index is 0.120. The molecule has 0 aliphatic heterocycles. The number of carbonyl (C=O) groups excluding carboxylic acids is 1. The standard InChI is InChI=1S/C5H10OP.3C4H9.Sn/c1-5(2,3)4(6)7;3*1-3-4-2;/h7H,1-3H3;3*1,3-4H2,2H3;/q-1;;;;+1. The van der Waals surface area contributed by atoms with Crippen LogP contribution in [0.2, 0.25) is 13.3 Å². The van der Waals surface area contributed by atoms with Gasteiger partial charge >= 0.3 is 133 Å². The fourth-order valence-electron chi connectivity index (χ4n) is 2.54. The van der Waals surface area contributed by atoms with E-state index in [4.69, 9.17) is 0 Å². The van der Waals surface area contributed by atoms with Crippen LogP contribution in [0.3, 0.4) is 0 Å². The average molecular weight is 407 g/mol. The van der Waals surface area contributed by atoms with E-state index in [2.05, 4.69) is 41.5 Å². The molecule has 0 saturated carbocycles. The van der Waals surface area contributed by atoms with E-state index < -0.39 is 17.8 Å². The van der Waals surface area contributed by atoms with Gasteiger partial charge in [0.1, 0.15) is 0 Å². The molecule has 0 aliphatic rings. The van der Waals surface area contributed by atoms with Crippen LogP contribution in [0, 0.1) is 5.41 Å². The number of rotatable bonds is 11. The van der Waals surface area contributed by atoms with Gasteiger partial charge in [-0.3, -0.25) is 0 Å². The van der Waals surface area contributed by atoms with Gasteiger partial charge in [0.2, 0.25) is 0 Å². The number of hydrogen-bond donors (Lipinski definition) is 0. The molecule has 0 heterocycles. The molecule has 0 aliphatic carbocycles. The van der Waals surface area contributed by atoms with Crippen LogP contribution in [0.4, 0.5) is 0 Å². The van der Waals surface area contributed by atoms with Gasteiger partial charge in [0.05, 0.1) is 0 Å². The Hall–Kier alpha value is 0.899. The molecular formula is C17H37OPSn. The van der Waals surface area contributed by atoms with Crippen molar-refractivity contribution in [3.05, 3.63) is 0 Å². The van der Waals surface area contributed by atoms with E-state index in [1.54, 1.807) is 0 Å².